The highest BCUT2D eigenvalue weighted by molar-refractivity contribution is 5.79. The molecule has 32 heavy (non-hydrogen) atoms. The van der Waals surface area contributed by atoms with E-state index >= 15 is 0 Å². The van der Waals surface area contributed by atoms with Crippen LogP contribution in [-0.2, 0) is 17.8 Å². The quantitative estimate of drug-likeness (QED) is 0.321. The summed E-state index contributed by atoms with van der Waals surface area (Å²) in [6.45, 7) is 7.96. The van der Waals surface area contributed by atoms with E-state index in [4.69, 9.17) is 9.47 Å². The molecule has 0 bridgehead atoms. The Bertz CT molecular complexity index is 1070. The van der Waals surface area contributed by atoms with Gasteiger partial charge in [0.05, 0.1) is 24.2 Å². The van der Waals surface area contributed by atoms with E-state index in [0.29, 0.717) is 13.2 Å². The fourth-order valence-corrected chi connectivity index (χ4v) is 4.02. The zero-order valence-electron chi connectivity index (χ0n) is 19.2. The normalized spacial score (nSPS) is 16.5. The summed E-state index contributed by atoms with van der Waals surface area (Å²) in [5.74, 6) is 2.76. The molecule has 1 aromatic heterocycles. The lowest BCUT2D eigenvalue weighted by Crippen LogP contribution is -2.37. The summed E-state index contributed by atoms with van der Waals surface area (Å²) in [4.78, 5) is 9.01. The monoisotopic (exact) mass is 435 g/mol. The second-order valence-electron chi connectivity index (χ2n) is 8.22. The number of nitrogens with zero attached hydrogens (tertiary/aromatic N) is 3. The van der Waals surface area contributed by atoms with Crippen molar-refractivity contribution in [2.45, 2.75) is 45.9 Å². The summed E-state index contributed by atoms with van der Waals surface area (Å²) in [5.41, 5.74) is 4.54. The number of hydrogen-bond acceptors (Lipinski definition) is 4. The van der Waals surface area contributed by atoms with E-state index in [1.807, 2.05) is 6.07 Å². The topological polar surface area (TPSA) is 72.7 Å². The molecule has 170 valence electrons. The second kappa shape index (κ2) is 10.5. The fraction of sp³-hybridized carbons (Fsp3) is 0.440. The van der Waals surface area contributed by atoms with Gasteiger partial charge in [-0.25, -0.2) is 4.98 Å². The van der Waals surface area contributed by atoms with Gasteiger partial charge in [-0.1, -0.05) is 24.3 Å². The first kappa shape index (κ1) is 22.1. The van der Waals surface area contributed by atoms with Crippen LogP contribution in [0.3, 0.4) is 0 Å². The van der Waals surface area contributed by atoms with Crippen LogP contribution in [0.1, 0.15) is 29.8 Å². The average Bonchev–Trinajstić information content (AvgIpc) is 3.41. The van der Waals surface area contributed by atoms with Crippen LogP contribution < -0.4 is 15.4 Å². The molecule has 2 heterocycles. The predicted octanol–water partition coefficient (Wildman–Crippen LogP) is 3.58. The number of benzene rings is 2. The Kier molecular flexibility index (Phi) is 7.27. The molecule has 0 spiro atoms. The van der Waals surface area contributed by atoms with Crippen molar-refractivity contribution < 1.29 is 9.47 Å². The third-order valence-electron chi connectivity index (χ3n) is 5.77. The van der Waals surface area contributed by atoms with E-state index in [1.165, 1.54) is 11.1 Å². The minimum Gasteiger partial charge on any atom is -0.488 e. The van der Waals surface area contributed by atoms with Crippen molar-refractivity contribution in [1.29, 1.82) is 0 Å². The van der Waals surface area contributed by atoms with Crippen molar-refractivity contribution in [2.75, 3.05) is 26.8 Å². The van der Waals surface area contributed by atoms with Crippen molar-refractivity contribution in [1.82, 2.24) is 20.2 Å². The predicted molar refractivity (Wildman–Crippen MR) is 128 cm³/mol. The lowest BCUT2D eigenvalue weighted by Gasteiger charge is -2.18. The van der Waals surface area contributed by atoms with Crippen LogP contribution in [0.25, 0.3) is 11.0 Å². The van der Waals surface area contributed by atoms with Crippen LogP contribution in [0.2, 0.25) is 0 Å². The van der Waals surface area contributed by atoms with Gasteiger partial charge < -0.3 is 24.7 Å². The van der Waals surface area contributed by atoms with Crippen molar-refractivity contribution in [3.8, 4) is 5.75 Å². The Morgan fingerprint density at radius 1 is 1.22 bits per heavy atom. The van der Waals surface area contributed by atoms with E-state index in [9.17, 15) is 0 Å². The molecular weight excluding hydrogens is 402 g/mol. The number of aliphatic imine (C=N–C) groups is 1. The molecule has 1 aliphatic rings. The standard InChI is InChI=1S/C25H33N5O2/c1-18-9-10-20(24(15-18)32-21-11-14-31-17-21)16-28-25(26-3)27-12-6-13-30-19(2)29-22-7-4-5-8-23(22)30/h4-5,7-10,15,21H,6,11-14,16-17H2,1-3H3,(H2,26,27,28). The molecule has 7 nitrogen and oxygen atoms in total. The van der Waals surface area contributed by atoms with E-state index in [1.54, 1.807) is 7.05 Å². The molecule has 2 aromatic carbocycles. The van der Waals surface area contributed by atoms with E-state index in [2.05, 4.69) is 75.4 Å². The van der Waals surface area contributed by atoms with E-state index in [-0.39, 0.29) is 6.10 Å². The number of nitrogens with one attached hydrogen (secondary N) is 2. The Labute approximate surface area is 189 Å². The summed E-state index contributed by atoms with van der Waals surface area (Å²) >= 11 is 0. The third-order valence-corrected chi connectivity index (χ3v) is 5.77. The number of guanidine groups is 1. The molecule has 3 aromatic rings. The van der Waals surface area contributed by atoms with E-state index in [0.717, 1.165) is 61.2 Å². The summed E-state index contributed by atoms with van der Waals surface area (Å²) in [6, 6.07) is 14.6. The highest BCUT2D eigenvalue weighted by atomic mass is 16.5. The van der Waals surface area contributed by atoms with Crippen LogP contribution in [0.5, 0.6) is 5.75 Å². The Balaban J connectivity index is 1.28. The van der Waals surface area contributed by atoms with Crippen LogP contribution in [0, 0.1) is 13.8 Å². The zero-order valence-corrected chi connectivity index (χ0v) is 19.2. The number of imidazole rings is 1. The summed E-state index contributed by atoms with van der Waals surface area (Å²) in [5, 5.41) is 6.83. The zero-order chi connectivity index (χ0) is 22.3. The lowest BCUT2D eigenvalue weighted by molar-refractivity contribution is 0.140. The smallest absolute Gasteiger partial charge is 0.191 e. The SMILES string of the molecule is CN=C(NCCCn1c(C)nc2ccccc21)NCc1ccc(C)cc1OC1CCOC1. The molecule has 1 aliphatic heterocycles. The van der Waals surface area contributed by atoms with Gasteiger partial charge in [0.1, 0.15) is 17.7 Å². The van der Waals surface area contributed by atoms with Crippen LogP contribution in [0.4, 0.5) is 0 Å². The first-order valence-corrected chi connectivity index (χ1v) is 11.3. The lowest BCUT2D eigenvalue weighted by atomic mass is 10.1. The maximum atomic E-state index is 6.21. The first-order valence-electron chi connectivity index (χ1n) is 11.3. The molecule has 7 heteroatoms. The Morgan fingerprint density at radius 3 is 2.91 bits per heavy atom. The molecule has 1 fully saturated rings. The Hall–Kier alpha value is -3.06. The van der Waals surface area contributed by atoms with Gasteiger partial charge in [0.2, 0.25) is 0 Å². The number of rotatable bonds is 8. The van der Waals surface area contributed by atoms with Gasteiger partial charge in [-0.15, -0.1) is 0 Å². The van der Waals surface area contributed by atoms with Gasteiger partial charge in [0, 0.05) is 38.7 Å². The van der Waals surface area contributed by atoms with Crippen molar-refractivity contribution in [3.63, 3.8) is 0 Å². The van der Waals surface area contributed by atoms with Crippen LogP contribution in [0.15, 0.2) is 47.5 Å². The number of para-hydroxylation sites is 2. The molecule has 0 aliphatic carbocycles. The van der Waals surface area contributed by atoms with Crippen molar-refractivity contribution >= 4 is 17.0 Å². The van der Waals surface area contributed by atoms with Crippen LogP contribution in [-0.4, -0.2) is 48.4 Å². The summed E-state index contributed by atoms with van der Waals surface area (Å²) < 4.78 is 13.9. The number of aromatic nitrogens is 2. The van der Waals surface area contributed by atoms with Gasteiger partial charge in [-0.3, -0.25) is 4.99 Å². The maximum Gasteiger partial charge on any atom is 0.191 e. The van der Waals surface area contributed by atoms with Gasteiger partial charge in [-0.05, 0) is 44.0 Å². The summed E-state index contributed by atoms with van der Waals surface area (Å²) in [6.07, 6.45) is 2.05. The molecule has 1 saturated heterocycles. The molecule has 1 atom stereocenters. The van der Waals surface area contributed by atoms with Crippen molar-refractivity contribution in [3.05, 3.63) is 59.4 Å². The highest BCUT2D eigenvalue weighted by Gasteiger charge is 2.18. The number of aryl methyl sites for hydroxylation is 3. The second-order valence-corrected chi connectivity index (χ2v) is 8.22. The molecule has 0 radical (unpaired) electrons. The summed E-state index contributed by atoms with van der Waals surface area (Å²) in [7, 11) is 1.80. The van der Waals surface area contributed by atoms with E-state index < -0.39 is 0 Å². The first-order chi connectivity index (χ1) is 15.6. The largest absolute Gasteiger partial charge is 0.488 e. The number of hydrogen-bond donors (Lipinski definition) is 2. The maximum absolute atomic E-state index is 6.21. The minimum absolute atomic E-state index is 0.135. The molecule has 0 saturated carbocycles. The van der Waals surface area contributed by atoms with Gasteiger partial charge in [-0.2, -0.15) is 0 Å². The van der Waals surface area contributed by atoms with Gasteiger partial charge in [0.15, 0.2) is 5.96 Å². The van der Waals surface area contributed by atoms with Crippen molar-refractivity contribution in [2.24, 2.45) is 4.99 Å². The highest BCUT2D eigenvalue weighted by Crippen LogP contribution is 2.23. The molecule has 1 unspecified atom stereocenters. The van der Waals surface area contributed by atoms with Gasteiger partial charge >= 0.3 is 0 Å². The Morgan fingerprint density at radius 2 is 2.09 bits per heavy atom. The minimum atomic E-state index is 0.135. The molecule has 2 N–H and O–H groups in total. The number of ether oxygens (including phenoxy) is 2. The average molecular weight is 436 g/mol. The fourth-order valence-electron chi connectivity index (χ4n) is 4.02. The van der Waals surface area contributed by atoms with Crippen LogP contribution >= 0.6 is 0 Å². The molecule has 0 amide bonds. The molecular formula is C25H33N5O2. The number of fused-ring (bicyclic) bond motifs is 1. The van der Waals surface area contributed by atoms with Gasteiger partial charge in [0.25, 0.3) is 0 Å². The third kappa shape index (κ3) is 5.40. The molecule has 4 rings (SSSR count).